The number of likely N-dealkylation sites (tertiary alicyclic amines) is 2. The summed E-state index contributed by atoms with van der Waals surface area (Å²) >= 11 is 12.5. The molecule has 47 heavy (non-hydrogen) atoms. The molecule has 5 rings (SSSR count). The van der Waals surface area contributed by atoms with Crippen LogP contribution in [0.25, 0.3) is 11.1 Å². The number of carbonyl (C=O) groups is 3. The molecule has 2 heterocycles. The lowest BCUT2D eigenvalue weighted by atomic mass is 9.84. The maximum atomic E-state index is 14.0. The first kappa shape index (κ1) is 34.3. The summed E-state index contributed by atoms with van der Waals surface area (Å²) < 4.78 is 42.0. The van der Waals surface area contributed by atoms with E-state index in [-0.39, 0.29) is 41.8 Å². The van der Waals surface area contributed by atoms with E-state index in [1.165, 1.54) is 13.0 Å². The number of hydrogen-bond donors (Lipinski definition) is 1. The van der Waals surface area contributed by atoms with Gasteiger partial charge in [-0.1, -0.05) is 53.5 Å². The van der Waals surface area contributed by atoms with E-state index in [2.05, 4.69) is 5.32 Å². The largest absolute Gasteiger partial charge is 0.416 e. The number of amides is 3. The minimum absolute atomic E-state index is 0.0199. The second-order valence-corrected chi connectivity index (χ2v) is 12.9. The Balaban J connectivity index is 1.40. The van der Waals surface area contributed by atoms with Crippen molar-refractivity contribution in [1.29, 1.82) is 5.26 Å². The van der Waals surface area contributed by atoms with Crippen molar-refractivity contribution in [1.82, 2.24) is 15.1 Å². The second-order valence-electron chi connectivity index (χ2n) is 12.0. The molecule has 12 heteroatoms. The average Bonchev–Trinajstić information content (AvgIpc) is 3.06. The molecule has 1 N–H and O–H groups in total. The molecule has 2 unspecified atom stereocenters. The number of benzene rings is 3. The molecule has 0 saturated carbocycles. The van der Waals surface area contributed by atoms with Gasteiger partial charge < -0.3 is 15.1 Å². The molecule has 2 aliphatic rings. The molecule has 3 aromatic rings. The van der Waals surface area contributed by atoms with Gasteiger partial charge in [0.05, 0.1) is 28.1 Å². The van der Waals surface area contributed by atoms with E-state index < -0.39 is 29.6 Å². The maximum absolute atomic E-state index is 14.0. The van der Waals surface area contributed by atoms with Gasteiger partial charge in [-0.2, -0.15) is 18.4 Å². The molecule has 7 nitrogen and oxygen atoms in total. The first-order chi connectivity index (χ1) is 22.3. The summed E-state index contributed by atoms with van der Waals surface area (Å²) in [6.45, 7) is 3.14. The van der Waals surface area contributed by atoms with Gasteiger partial charge in [-0.05, 0) is 71.8 Å². The summed E-state index contributed by atoms with van der Waals surface area (Å²) in [7, 11) is 0. The van der Waals surface area contributed by atoms with E-state index in [1.54, 1.807) is 52.3 Å². The highest BCUT2D eigenvalue weighted by Crippen LogP contribution is 2.36. The third-order valence-electron chi connectivity index (χ3n) is 9.00. The molecule has 246 valence electrons. The Morgan fingerprint density at radius 2 is 1.57 bits per heavy atom. The maximum Gasteiger partial charge on any atom is 0.416 e. The van der Waals surface area contributed by atoms with Gasteiger partial charge in [0.1, 0.15) is 0 Å². The van der Waals surface area contributed by atoms with Crippen LogP contribution in [-0.2, 0) is 22.2 Å². The van der Waals surface area contributed by atoms with E-state index in [1.807, 2.05) is 6.07 Å². The molecule has 2 saturated heterocycles. The van der Waals surface area contributed by atoms with Gasteiger partial charge in [0.15, 0.2) is 0 Å². The van der Waals surface area contributed by atoms with E-state index in [0.717, 1.165) is 23.3 Å². The third kappa shape index (κ3) is 8.09. The Bertz CT molecular complexity index is 1700. The highest BCUT2D eigenvalue weighted by atomic mass is 35.5. The van der Waals surface area contributed by atoms with E-state index >= 15 is 0 Å². The Labute approximate surface area is 281 Å². The van der Waals surface area contributed by atoms with Gasteiger partial charge in [0, 0.05) is 56.5 Å². The first-order valence-electron chi connectivity index (χ1n) is 15.3. The zero-order chi connectivity index (χ0) is 33.9. The summed E-state index contributed by atoms with van der Waals surface area (Å²) in [6, 6.07) is 16.5. The number of nitriles is 1. The standard InChI is InChI=1S/C35H33Cl2F3N4O3/c1-21(45)43-13-9-24(10-14-43)34(47)44-15-11-32(29(20-44)25-6-7-30(36)31(37)19-25)42-33(46)27-16-26(17-28(18-27)35(38,39)40)23-4-2-22(3-5-23)8-12-41/h2-7,16-19,24,29,32H,8-11,13-15,20H2,1H3,(H,42,46). The molecule has 2 atom stereocenters. The fraction of sp³-hybridized carbons (Fsp3) is 0.371. The molecule has 2 fully saturated rings. The molecule has 0 aromatic heterocycles. The molecular formula is C35H33Cl2F3N4O3. The van der Waals surface area contributed by atoms with Crippen molar-refractivity contribution >= 4 is 40.9 Å². The van der Waals surface area contributed by atoms with Gasteiger partial charge in [-0.25, -0.2) is 0 Å². The summed E-state index contributed by atoms with van der Waals surface area (Å²) in [5, 5.41) is 12.5. The number of carbonyl (C=O) groups excluding carboxylic acids is 3. The Hall–Kier alpha value is -4.07. The number of halogens is 5. The fourth-order valence-electron chi connectivity index (χ4n) is 6.35. The van der Waals surface area contributed by atoms with Crippen molar-refractivity contribution in [2.24, 2.45) is 5.92 Å². The number of piperidine rings is 2. The van der Waals surface area contributed by atoms with Crippen LogP contribution < -0.4 is 5.32 Å². The molecule has 0 aliphatic carbocycles. The minimum atomic E-state index is -4.69. The monoisotopic (exact) mass is 684 g/mol. The van der Waals surface area contributed by atoms with Crippen molar-refractivity contribution in [2.75, 3.05) is 26.2 Å². The highest BCUT2D eigenvalue weighted by molar-refractivity contribution is 6.42. The van der Waals surface area contributed by atoms with Gasteiger partial charge in [-0.3, -0.25) is 14.4 Å². The lowest BCUT2D eigenvalue weighted by molar-refractivity contribution is -0.141. The van der Waals surface area contributed by atoms with Gasteiger partial charge in [-0.15, -0.1) is 0 Å². The van der Waals surface area contributed by atoms with Crippen LogP contribution in [0.1, 0.15) is 59.2 Å². The smallest absolute Gasteiger partial charge is 0.349 e. The SMILES string of the molecule is CC(=O)N1CCC(C(=O)N2CCC(NC(=O)c3cc(-c4ccc(CC#N)cc4)cc(C(F)(F)F)c3)C(c3ccc(Cl)c(Cl)c3)C2)CC1. The van der Waals surface area contributed by atoms with Crippen molar-refractivity contribution in [3.63, 3.8) is 0 Å². The van der Waals surface area contributed by atoms with Crippen LogP contribution >= 0.6 is 23.2 Å². The average molecular weight is 686 g/mol. The van der Waals surface area contributed by atoms with Gasteiger partial charge >= 0.3 is 6.18 Å². The number of nitrogens with zero attached hydrogens (tertiary/aromatic N) is 3. The highest BCUT2D eigenvalue weighted by Gasteiger charge is 2.38. The fourth-order valence-corrected chi connectivity index (χ4v) is 6.66. The van der Waals surface area contributed by atoms with Crippen LogP contribution in [0, 0.1) is 17.2 Å². The van der Waals surface area contributed by atoms with Crippen molar-refractivity contribution in [3.8, 4) is 17.2 Å². The topological polar surface area (TPSA) is 93.5 Å². The Kier molecular flexibility index (Phi) is 10.5. The van der Waals surface area contributed by atoms with E-state index in [4.69, 9.17) is 28.5 Å². The zero-order valence-corrected chi connectivity index (χ0v) is 27.1. The first-order valence-corrected chi connectivity index (χ1v) is 16.1. The Morgan fingerprint density at radius 1 is 0.894 bits per heavy atom. The van der Waals surface area contributed by atoms with E-state index in [0.29, 0.717) is 54.5 Å². The Morgan fingerprint density at radius 3 is 2.19 bits per heavy atom. The molecular weight excluding hydrogens is 652 g/mol. The third-order valence-corrected chi connectivity index (χ3v) is 9.73. The van der Waals surface area contributed by atoms with Crippen molar-refractivity contribution in [2.45, 2.75) is 50.7 Å². The molecule has 0 spiro atoms. The van der Waals surface area contributed by atoms with Crippen molar-refractivity contribution < 1.29 is 27.6 Å². The summed E-state index contributed by atoms with van der Waals surface area (Å²) in [5.41, 5.74) is 1.03. The molecule has 2 aliphatic heterocycles. The lowest BCUT2D eigenvalue weighted by Gasteiger charge is -2.41. The van der Waals surface area contributed by atoms with Crippen LogP contribution in [-0.4, -0.2) is 59.7 Å². The molecule has 0 bridgehead atoms. The minimum Gasteiger partial charge on any atom is -0.349 e. The molecule has 3 amide bonds. The lowest BCUT2D eigenvalue weighted by Crippen LogP contribution is -2.53. The number of alkyl halides is 3. The van der Waals surface area contributed by atoms with Crippen molar-refractivity contribution in [3.05, 3.63) is 93.0 Å². The number of rotatable bonds is 6. The molecule has 0 radical (unpaired) electrons. The van der Waals surface area contributed by atoms with Gasteiger partial charge in [0.25, 0.3) is 5.91 Å². The predicted molar refractivity (Wildman–Crippen MR) is 173 cm³/mol. The van der Waals surface area contributed by atoms with Crippen LogP contribution in [0.15, 0.2) is 60.7 Å². The van der Waals surface area contributed by atoms with Crippen LogP contribution in [0.4, 0.5) is 13.2 Å². The number of hydrogen-bond acceptors (Lipinski definition) is 4. The van der Waals surface area contributed by atoms with Crippen LogP contribution in [0.2, 0.25) is 10.0 Å². The van der Waals surface area contributed by atoms with Gasteiger partial charge in [0.2, 0.25) is 11.8 Å². The normalized spacial score (nSPS) is 18.8. The second kappa shape index (κ2) is 14.4. The summed E-state index contributed by atoms with van der Waals surface area (Å²) in [4.78, 5) is 42.5. The number of nitrogens with one attached hydrogen (secondary N) is 1. The quantitative estimate of drug-likeness (QED) is 0.299. The van der Waals surface area contributed by atoms with Crippen LogP contribution in [0.3, 0.4) is 0 Å². The zero-order valence-electron chi connectivity index (χ0n) is 25.6. The van der Waals surface area contributed by atoms with E-state index in [9.17, 15) is 27.6 Å². The summed E-state index contributed by atoms with van der Waals surface area (Å²) in [5.74, 6) is -1.37. The predicted octanol–water partition coefficient (Wildman–Crippen LogP) is 7.12. The molecule has 3 aromatic carbocycles. The van der Waals surface area contributed by atoms with Crippen LogP contribution in [0.5, 0.6) is 0 Å². The summed E-state index contributed by atoms with van der Waals surface area (Å²) in [6.07, 6.45) is -3.04.